The van der Waals surface area contributed by atoms with Crippen LogP contribution >= 0.6 is 46.4 Å². The van der Waals surface area contributed by atoms with Crippen LogP contribution in [0.5, 0.6) is 58.5 Å². The maximum Gasteiger partial charge on any atom is 0.348 e. The minimum absolute atomic E-state index is 0.00788. The van der Waals surface area contributed by atoms with Crippen molar-refractivity contribution in [3.8, 4) is 58.5 Å². The van der Waals surface area contributed by atoms with E-state index < -0.39 is 60.6 Å². The van der Waals surface area contributed by atoms with E-state index >= 15 is 0 Å². The minimum atomic E-state index is -1.84. The molecular weight excluding hydrogens is 1990 g/mol. The van der Waals surface area contributed by atoms with Gasteiger partial charge in [0.2, 0.25) is 38.8 Å². The van der Waals surface area contributed by atoms with Crippen molar-refractivity contribution in [1.29, 1.82) is 0 Å². The summed E-state index contributed by atoms with van der Waals surface area (Å²) in [5.74, 6) is 0.181. The number of likely N-dealkylation sites (tertiary alicyclic amines) is 1. The first kappa shape index (κ1) is 118. The van der Waals surface area contributed by atoms with Crippen LogP contribution < -0.4 is 62.1 Å². The van der Waals surface area contributed by atoms with Gasteiger partial charge in [-0.2, -0.15) is 39.9 Å². The number of methoxy groups -OCH3 is 6. The van der Waals surface area contributed by atoms with Crippen LogP contribution in [0, 0.1) is 40.5 Å². The summed E-state index contributed by atoms with van der Waals surface area (Å²) in [5.41, 5.74) is 5.32. The number of aromatic nitrogens is 8. The molecule has 1 aliphatic heterocycles. The Hall–Kier alpha value is -14.6. The molecule has 5 heterocycles. The SMILES string of the molecule is CCCCOc1nc(C(C(=O)OCC)C(=O)OCC)c([N+](=O)[O-])c(N(Cc2ccc(OC)cc2)Cc2ccc(OC)cc2)n1.CCCCOc1nc(CC(=O)OCC)c([N+](=O)[O-])c(N(Cc2ccc(OC)cc2)Cc2ccc(OC)cc2)n1.CCCCOc1nc(Cl)c([N+](=O)[O-])c(Cl)n1.CCCCOc1nc(Cl)c([N+](=O)[O-])c(N(Cc2ccc(OC)cc2)Cc2ccc(OC)cc2)n1.ClCc1ccc(CN2CCCC2)cc1. The molecule has 0 N–H and O–H groups in total. The number of alkyl halides is 1. The number of benzene rings is 7. The third-order valence-electron chi connectivity index (χ3n) is 21.8. The predicted molar refractivity (Wildman–Crippen MR) is 556 cm³/mol. The predicted octanol–water partition coefficient (Wildman–Crippen LogP) is 21.2. The minimum Gasteiger partial charge on any atom is -0.497 e. The normalized spacial score (nSPS) is 11.2. The third kappa shape index (κ3) is 37.8. The Morgan fingerprint density at radius 3 is 0.898 bits per heavy atom. The van der Waals surface area contributed by atoms with Gasteiger partial charge in [0, 0.05) is 51.7 Å². The van der Waals surface area contributed by atoms with Gasteiger partial charge in [-0.1, -0.05) is 185 Å². The van der Waals surface area contributed by atoms with Gasteiger partial charge in [0.1, 0.15) is 40.2 Å². The molecule has 0 aliphatic carbocycles. The van der Waals surface area contributed by atoms with Gasteiger partial charge in [0.05, 0.1) is 115 Å². The molecule has 0 atom stereocenters. The molecule has 1 fully saturated rings. The van der Waals surface area contributed by atoms with Crippen LogP contribution in [0.2, 0.25) is 15.5 Å². The van der Waals surface area contributed by atoms with E-state index in [4.69, 9.17) is 108 Å². The molecule has 12 rings (SSSR count). The Morgan fingerprint density at radius 1 is 0.347 bits per heavy atom. The summed E-state index contributed by atoms with van der Waals surface area (Å²) in [5, 5.41) is 46.7. The van der Waals surface area contributed by atoms with E-state index in [1.54, 1.807) is 102 Å². The molecule has 11 aromatic rings. The molecule has 0 saturated carbocycles. The number of halogens is 4. The van der Waals surface area contributed by atoms with Crippen molar-refractivity contribution in [2.45, 2.75) is 177 Å². The number of carbonyl (C=O) groups excluding carboxylic acids is 3. The van der Waals surface area contributed by atoms with Crippen LogP contribution in [0.25, 0.3) is 0 Å². The van der Waals surface area contributed by atoms with E-state index in [1.165, 1.54) is 37.1 Å². The smallest absolute Gasteiger partial charge is 0.348 e. The summed E-state index contributed by atoms with van der Waals surface area (Å²) < 4.78 is 69.2. The standard InChI is InChI=1S/C31H38N4O9.C28H34N4O7.C24H27ClN4O5.C12H16ClN.C8H9Cl2N3O3/c1-6-9-18-44-31-32-26(25(29(36)42-7-2)30(37)43-8-3)27(35(38)39)28(33-31)34(19-21-10-14-23(40-4)15-11-21)20-22-12-16-24(41-5)17-13-22;1-5-7-16-39-28-29-24(17-25(33)38-6-2)26(32(34)35)27(30-28)31(18-20-8-12-22(36-3)13-9-20)19-21-10-14-23(37-4)15-11-21;1-4-5-14-34-24-26-22(25)21(29(30)31)23(27-24)28(15-17-6-10-19(32-2)11-7-17)16-18-8-12-20(33-3)13-9-18;13-9-11-3-5-12(6-4-11)10-14-7-1-2-8-14;1-2-3-4-16-8-11-6(9)5(13(14)15)7(10)12-8/h10-17,25H,6-9,18-20H2,1-5H3;8-15H,5-7,16-19H2,1-4H3;6-13H,4-5,14-16H2,1-3H3;3-6H,1-2,7-10H2;2-4H2,1H3. The summed E-state index contributed by atoms with van der Waals surface area (Å²) >= 11 is 23.1. The quantitative estimate of drug-likeness (QED) is 0.00499. The van der Waals surface area contributed by atoms with E-state index in [-0.39, 0.29) is 133 Å². The van der Waals surface area contributed by atoms with Crippen molar-refractivity contribution in [2.24, 2.45) is 0 Å². The van der Waals surface area contributed by atoms with Crippen molar-refractivity contribution in [3.63, 3.8) is 0 Å². The van der Waals surface area contributed by atoms with Crippen LogP contribution in [0.15, 0.2) is 170 Å². The molecule has 0 radical (unpaired) electrons. The van der Waals surface area contributed by atoms with E-state index in [0.29, 0.717) is 79.7 Å². The van der Waals surface area contributed by atoms with Crippen molar-refractivity contribution in [3.05, 3.63) is 282 Å². The highest BCUT2D eigenvalue weighted by atomic mass is 35.5. The molecule has 0 spiro atoms. The second kappa shape index (κ2) is 62.9. The number of hydrogen-bond donors (Lipinski definition) is 0. The highest BCUT2D eigenvalue weighted by Crippen LogP contribution is 2.42. The van der Waals surface area contributed by atoms with E-state index in [2.05, 4.69) is 69.0 Å². The van der Waals surface area contributed by atoms with E-state index in [9.17, 15) is 54.8 Å². The van der Waals surface area contributed by atoms with Crippen LogP contribution in [0.4, 0.5) is 40.2 Å². The average Bonchev–Trinajstić information content (AvgIpc) is 0.945. The average molecular weight is 2110 g/mol. The molecule has 40 nitrogen and oxygen atoms in total. The van der Waals surface area contributed by atoms with Gasteiger partial charge in [-0.15, -0.1) is 11.6 Å². The van der Waals surface area contributed by atoms with Crippen LogP contribution in [0.1, 0.15) is 174 Å². The lowest BCUT2D eigenvalue weighted by molar-refractivity contribution is -0.385. The number of anilines is 3. The molecule has 0 amide bonds. The second-order valence-corrected chi connectivity index (χ2v) is 33.8. The Morgan fingerprint density at radius 2 is 0.612 bits per heavy atom. The number of unbranched alkanes of at least 4 members (excludes halogenated alkanes) is 4. The molecule has 147 heavy (non-hydrogen) atoms. The lowest BCUT2D eigenvalue weighted by Gasteiger charge is -2.25. The van der Waals surface area contributed by atoms with Gasteiger partial charge >= 0.3 is 64.7 Å². The molecule has 0 bridgehead atoms. The first-order valence-corrected chi connectivity index (χ1v) is 49.3. The van der Waals surface area contributed by atoms with Crippen molar-refractivity contribution >= 4 is 105 Å². The fraction of sp³-hybridized carbons (Fsp3) is 0.408. The molecule has 788 valence electrons. The monoisotopic (exact) mass is 2110 g/mol. The van der Waals surface area contributed by atoms with Crippen LogP contribution in [-0.2, 0) is 86.7 Å². The van der Waals surface area contributed by atoms with Crippen molar-refractivity contribution in [2.75, 3.05) is 117 Å². The first-order chi connectivity index (χ1) is 71.0. The molecule has 1 aliphatic rings. The van der Waals surface area contributed by atoms with Crippen LogP contribution in [-0.4, -0.2) is 184 Å². The third-order valence-corrected chi connectivity index (χ3v) is 22.9. The zero-order chi connectivity index (χ0) is 107. The fourth-order valence-electron chi connectivity index (χ4n) is 14.2. The van der Waals surface area contributed by atoms with Crippen molar-refractivity contribution < 1.29 is 95.7 Å². The molecule has 7 aromatic carbocycles. The highest BCUT2D eigenvalue weighted by Gasteiger charge is 2.43. The van der Waals surface area contributed by atoms with Crippen molar-refractivity contribution in [1.82, 2.24) is 44.8 Å². The zero-order valence-corrected chi connectivity index (χ0v) is 87.5. The van der Waals surface area contributed by atoms with Gasteiger partial charge < -0.3 is 76.3 Å². The zero-order valence-electron chi connectivity index (χ0n) is 84.5. The first-order valence-electron chi connectivity index (χ1n) is 47.6. The molecule has 1 saturated heterocycles. The van der Waals surface area contributed by atoms with Gasteiger partial charge in [-0.05, 0) is 190 Å². The number of nitrogens with zero attached hydrogens (tertiary/aromatic N) is 16. The number of nitro groups is 4. The summed E-state index contributed by atoms with van der Waals surface area (Å²) in [6, 6.07) is 52.5. The number of carbonyl (C=O) groups is 3. The lowest BCUT2D eigenvalue weighted by Crippen LogP contribution is -2.30. The topological polar surface area (TPSA) is 460 Å². The van der Waals surface area contributed by atoms with Gasteiger partial charge in [0.25, 0.3) is 0 Å². The summed E-state index contributed by atoms with van der Waals surface area (Å²) in [7, 11) is 9.47. The van der Waals surface area contributed by atoms with E-state index in [0.717, 1.165) is 84.9 Å². The molecule has 44 heteroatoms. The largest absolute Gasteiger partial charge is 0.497 e. The maximum absolute atomic E-state index is 13.1. The number of rotatable bonds is 52. The maximum atomic E-state index is 13.1. The molecular formula is C103H124Cl4N16O24. The van der Waals surface area contributed by atoms with Gasteiger partial charge in [-0.3, -0.25) is 59.7 Å². The van der Waals surface area contributed by atoms with Gasteiger partial charge in [0.15, 0.2) is 5.69 Å². The Balaban J connectivity index is 0.000000236. The Bertz CT molecular complexity index is 5790. The highest BCUT2D eigenvalue weighted by molar-refractivity contribution is 6.36. The Kier molecular flexibility index (Phi) is 50.4. The number of esters is 3. The summed E-state index contributed by atoms with van der Waals surface area (Å²) in [6.45, 7) is 19.3. The van der Waals surface area contributed by atoms with Crippen LogP contribution in [0.3, 0.4) is 0 Å². The van der Waals surface area contributed by atoms with Gasteiger partial charge in [-0.25, -0.2) is 0 Å². The fourth-order valence-corrected chi connectivity index (χ4v) is 15.1. The second-order valence-electron chi connectivity index (χ2n) is 32.4. The molecule has 4 aromatic heterocycles. The Labute approximate surface area is 873 Å². The number of ether oxygens (including phenoxy) is 13. The van der Waals surface area contributed by atoms with E-state index in [1.807, 2.05) is 149 Å². The molecule has 0 unspecified atom stereocenters. The lowest BCUT2D eigenvalue weighted by atomic mass is 10.0. The number of hydrogen-bond acceptors (Lipinski definition) is 36. The summed E-state index contributed by atoms with van der Waals surface area (Å²) in [4.78, 5) is 124. The summed E-state index contributed by atoms with van der Waals surface area (Å²) in [6.07, 6.45) is 8.95.